The Kier molecular flexibility index (Phi) is 16.4. The zero-order valence-corrected chi connectivity index (χ0v) is 15.3. The number of hydrogen-bond acceptors (Lipinski definition) is 4. The Labute approximate surface area is 131 Å². The van der Waals surface area contributed by atoms with Crippen LogP contribution in [0.15, 0.2) is 0 Å². The van der Waals surface area contributed by atoms with E-state index in [4.69, 9.17) is 23.8 Å². The highest BCUT2D eigenvalue weighted by Crippen LogP contribution is 2.23. The average molecular weight is 430 g/mol. The molecule has 118 valence electrons. The van der Waals surface area contributed by atoms with Crippen LogP contribution in [-0.4, -0.2) is 50.7 Å². The van der Waals surface area contributed by atoms with Crippen LogP contribution < -0.4 is 0 Å². The predicted octanol–water partition coefficient (Wildman–Crippen LogP) is 2.05. The van der Waals surface area contributed by atoms with Gasteiger partial charge in [0.2, 0.25) is 0 Å². The molecule has 3 N–H and O–H groups in total. The molecule has 0 aromatic rings. The van der Waals surface area contributed by atoms with Gasteiger partial charge >= 0.3 is 8.25 Å². The Morgan fingerprint density at radius 1 is 1.21 bits per heavy atom. The van der Waals surface area contributed by atoms with Gasteiger partial charge in [0, 0.05) is 30.3 Å². The molecule has 0 spiro atoms. The minimum Gasteiger partial charge on any atom is -0.389 e. The highest BCUT2D eigenvalue weighted by Gasteiger charge is 2.29. The van der Waals surface area contributed by atoms with Crippen molar-refractivity contribution in [2.75, 3.05) is 23.9 Å². The van der Waals surface area contributed by atoms with Crippen LogP contribution in [0, 0.1) is 0 Å². The van der Waals surface area contributed by atoms with Crippen molar-refractivity contribution >= 4 is 40.1 Å². The molecular formula is C10H23Br2O6P. The van der Waals surface area contributed by atoms with Gasteiger partial charge < -0.3 is 24.4 Å². The van der Waals surface area contributed by atoms with Crippen LogP contribution in [0.5, 0.6) is 0 Å². The van der Waals surface area contributed by atoms with Gasteiger partial charge in [0.1, 0.15) is 0 Å². The first kappa shape index (κ1) is 22.3. The second-order valence-electron chi connectivity index (χ2n) is 3.62. The van der Waals surface area contributed by atoms with Gasteiger partial charge in [-0.05, 0) is 20.3 Å². The van der Waals surface area contributed by atoms with Gasteiger partial charge in [0.15, 0.2) is 6.29 Å². The lowest BCUT2D eigenvalue weighted by molar-refractivity contribution is -0.165. The lowest BCUT2D eigenvalue weighted by Crippen LogP contribution is -2.37. The maximum absolute atomic E-state index is 10.2. The topological polar surface area (TPSA) is 96.2 Å². The van der Waals surface area contributed by atoms with Gasteiger partial charge in [-0.3, -0.25) is 4.57 Å². The summed E-state index contributed by atoms with van der Waals surface area (Å²) in [7, 11) is -3.13. The number of hydrogen-bond donors (Lipinski definition) is 3. The van der Waals surface area contributed by atoms with E-state index in [-0.39, 0.29) is 6.29 Å². The van der Waals surface area contributed by atoms with E-state index >= 15 is 0 Å². The van der Waals surface area contributed by atoms with Gasteiger partial charge in [-0.25, -0.2) is 0 Å². The average Bonchev–Trinajstić information content (AvgIpc) is 2.29. The molecule has 6 nitrogen and oxygen atoms in total. The van der Waals surface area contributed by atoms with Crippen molar-refractivity contribution in [3.05, 3.63) is 0 Å². The third-order valence-electron chi connectivity index (χ3n) is 2.06. The quantitative estimate of drug-likeness (QED) is 0.295. The normalized spacial score (nSPS) is 14.2. The van der Waals surface area contributed by atoms with Gasteiger partial charge in [-0.1, -0.05) is 31.9 Å². The number of halogens is 2. The van der Waals surface area contributed by atoms with Crippen molar-refractivity contribution in [1.82, 2.24) is 0 Å². The van der Waals surface area contributed by atoms with E-state index in [2.05, 4.69) is 31.9 Å². The fraction of sp³-hybridized carbons (Fsp3) is 1.00. The van der Waals surface area contributed by atoms with Crippen LogP contribution in [0.25, 0.3) is 0 Å². The number of rotatable bonds is 9. The van der Waals surface area contributed by atoms with Crippen LogP contribution in [0.3, 0.4) is 0 Å². The zero-order valence-electron chi connectivity index (χ0n) is 11.1. The standard InChI is InChI=1S/C10H20Br2O3.H3O3P/c1-3-14-9(15-4-2)7-10(13,8-12)5-6-11;1-4(2)3/h9,13H,3-8H2,1-2H3;4H,(H2,1,2,3). The van der Waals surface area contributed by atoms with Crippen LogP contribution >= 0.6 is 40.1 Å². The van der Waals surface area contributed by atoms with Crippen molar-refractivity contribution in [3.8, 4) is 0 Å². The van der Waals surface area contributed by atoms with E-state index in [1.54, 1.807) is 0 Å². The van der Waals surface area contributed by atoms with Crippen molar-refractivity contribution < 1.29 is 28.9 Å². The van der Waals surface area contributed by atoms with Gasteiger partial charge in [0.05, 0.1) is 5.60 Å². The van der Waals surface area contributed by atoms with E-state index in [0.29, 0.717) is 31.4 Å². The molecule has 0 aliphatic rings. The summed E-state index contributed by atoms with van der Waals surface area (Å²) in [6.07, 6.45) is 0.849. The Morgan fingerprint density at radius 3 is 1.89 bits per heavy atom. The monoisotopic (exact) mass is 428 g/mol. The molecule has 0 bridgehead atoms. The molecule has 0 aliphatic carbocycles. The highest BCUT2D eigenvalue weighted by molar-refractivity contribution is 9.09. The van der Waals surface area contributed by atoms with E-state index < -0.39 is 13.9 Å². The molecule has 19 heavy (non-hydrogen) atoms. The summed E-state index contributed by atoms with van der Waals surface area (Å²) in [5.41, 5.74) is -0.765. The van der Waals surface area contributed by atoms with Gasteiger partial charge in [0.25, 0.3) is 0 Å². The molecular weight excluding hydrogens is 407 g/mol. The molecule has 0 amide bonds. The fourth-order valence-corrected chi connectivity index (χ4v) is 2.49. The smallest absolute Gasteiger partial charge is 0.314 e. The lowest BCUT2D eigenvalue weighted by Gasteiger charge is -2.29. The molecule has 0 rings (SSSR count). The van der Waals surface area contributed by atoms with Gasteiger partial charge in [-0.15, -0.1) is 0 Å². The minimum absolute atomic E-state index is 0.318. The van der Waals surface area contributed by atoms with Crippen molar-refractivity contribution in [2.45, 2.75) is 38.6 Å². The minimum atomic E-state index is -3.13. The second kappa shape index (κ2) is 13.9. The summed E-state index contributed by atoms with van der Waals surface area (Å²) in [4.78, 5) is 14.3. The third kappa shape index (κ3) is 15.2. The summed E-state index contributed by atoms with van der Waals surface area (Å²) in [6.45, 7) is 5.03. The SMILES string of the molecule is CCOC(CC(O)(CBr)CCBr)OCC.O=[PH](O)O. The van der Waals surface area contributed by atoms with Crippen LogP contribution in [-0.2, 0) is 14.0 Å². The molecule has 9 heteroatoms. The lowest BCUT2D eigenvalue weighted by atomic mass is 9.99. The Balaban J connectivity index is 0. The number of ether oxygens (including phenoxy) is 2. The Morgan fingerprint density at radius 2 is 1.63 bits per heavy atom. The second-order valence-corrected chi connectivity index (χ2v) is 5.54. The largest absolute Gasteiger partial charge is 0.389 e. The maximum Gasteiger partial charge on any atom is 0.314 e. The summed E-state index contributed by atoms with van der Waals surface area (Å²) >= 11 is 6.65. The van der Waals surface area contributed by atoms with Crippen LogP contribution in [0.2, 0.25) is 0 Å². The predicted molar refractivity (Wildman–Crippen MR) is 82.3 cm³/mol. The first-order valence-corrected chi connectivity index (χ1v) is 9.39. The Bertz CT molecular complexity index is 224. The molecule has 0 aromatic heterocycles. The summed E-state index contributed by atoms with van der Waals surface area (Å²) < 4.78 is 19.6. The van der Waals surface area contributed by atoms with E-state index in [0.717, 1.165) is 5.33 Å². The van der Waals surface area contributed by atoms with Crippen molar-refractivity contribution in [2.24, 2.45) is 0 Å². The summed E-state index contributed by atoms with van der Waals surface area (Å²) in [5, 5.41) is 11.5. The molecule has 0 saturated carbocycles. The van der Waals surface area contributed by atoms with Crippen molar-refractivity contribution in [1.29, 1.82) is 0 Å². The first-order chi connectivity index (χ1) is 8.85. The van der Waals surface area contributed by atoms with E-state index in [1.165, 1.54) is 0 Å². The number of alkyl halides is 2. The van der Waals surface area contributed by atoms with E-state index in [1.807, 2.05) is 13.8 Å². The number of aliphatic hydroxyl groups is 1. The van der Waals surface area contributed by atoms with Crippen LogP contribution in [0.4, 0.5) is 0 Å². The van der Waals surface area contributed by atoms with Crippen LogP contribution in [0.1, 0.15) is 26.7 Å². The molecule has 0 saturated heterocycles. The molecule has 1 atom stereocenters. The molecule has 1 unspecified atom stereocenters. The maximum atomic E-state index is 10.2. The third-order valence-corrected chi connectivity index (χ3v) is 3.50. The molecule has 0 fully saturated rings. The van der Waals surface area contributed by atoms with Crippen molar-refractivity contribution in [3.63, 3.8) is 0 Å². The summed E-state index contributed by atoms with van der Waals surface area (Å²) in [6, 6.07) is 0. The molecule has 0 heterocycles. The summed E-state index contributed by atoms with van der Waals surface area (Å²) in [5.74, 6) is 0. The fourth-order valence-electron chi connectivity index (χ4n) is 1.25. The molecule has 0 aromatic carbocycles. The van der Waals surface area contributed by atoms with E-state index in [9.17, 15) is 5.11 Å². The first-order valence-electron chi connectivity index (χ1n) is 5.84. The molecule has 0 aliphatic heterocycles. The van der Waals surface area contributed by atoms with Gasteiger partial charge in [-0.2, -0.15) is 0 Å². The highest BCUT2D eigenvalue weighted by atomic mass is 79.9. The molecule has 0 radical (unpaired) electrons. The Hall–Kier alpha value is 0.990. The zero-order chi connectivity index (χ0) is 15.3.